The highest BCUT2D eigenvalue weighted by atomic mass is 15.1. The van der Waals surface area contributed by atoms with Crippen LogP contribution in [0.5, 0.6) is 0 Å². The quantitative estimate of drug-likeness (QED) is 0.592. The molecule has 0 spiro atoms. The maximum absolute atomic E-state index is 2.58. The van der Waals surface area contributed by atoms with Gasteiger partial charge in [0, 0.05) is 12.6 Å². The van der Waals surface area contributed by atoms with Crippen molar-refractivity contribution in [3.63, 3.8) is 0 Å². The lowest BCUT2D eigenvalue weighted by Gasteiger charge is -2.26. The maximum atomic E-state index is 2.58. The van der Waals surface area contributed by atoms with Crippen molar-refractivity contribution in [1.29, 1.82) is 0 Å². The van der Waals surface area contributed by atoms with Crippen LogP contribution in [-0.2, 0) is 0 Å². The molecular weight excluding hydrogens is 158 g/mol. The molecule has 0 bridgehead atoms. The van der Waals surface area contributed by atoms with E-state index in [2.05, 4.69) is 38.7 Å². The second-order valence-electron chi connectivity index (χ2n) is 4.64. The van der Waals surface area contributed by atoms with Crippen LogP contribution in [0.2, 0.25) is 0 Å². The first-order valence-electron chi connectivity index (χ1n) is 5.54. The molecule has 13 heavy (non-hydrogen) atoms. The standard InChI is InChI=1S/C12H23N/c1-10(2)12-7-5-6-8-13(9-12)11(3)4/h7,10-11H,5-6,8-9H2,1-4H3. The van der Waals surface area contributed by atoms with Crippen LogP contribution in [0.25, 0.3) is 0 Å². The molecule has 0 saturated heterocycles. The lowest BCUT2D eigenvalue weighted by atomic mass is 10.0. The van der Waals surface area contributed by atoms with Gasteiger partial charge < -0.3 is 0 Å². The molecule has 0 aliphatic carbocycles. The Bertz CT molecular complexity index is 180. The van der Waals surface area contributed by atoms with E-state index in [1.54, 1.807) is 5.57 Å². The van der Waals surface area contributed by atoms with Crippen LogP contribution < -0.4 is 0 Å². The summed E-state index contributed by atoms with van der Waals surface area (Å²) in [4.78, 5) is 2.58. The molecule has 0 amide bonds. The summed E-state index contributed by atoms with van der Waals surface area (Å²) in [5.74, 6) is 0.722. The molecule has 0 fully saturated rings. The van der Waals surface area contributed by atoms with E-state index in [4.69, 9.17) is 0 Å². The van der Waals surface area contributed by atoms with Gasteiger partial charge in [-0.05, 0) is 39.2 Å². The van der Waals surface area contributed by atoms with Gasteiger partial charge in [-0.1, -0.05) is 25.5 Å². The van der Waals surface area contributed by atoms with Gasteiger partial charge in [0.25, 0.3) is 0 Å². The Morgan fingerprint density at radius 3 is 2.46 bits per heavy atom. The van der Waals surface area contributed by atoms with E-state index in [0.29, 0.717) is 6.04 Å². The van der Waals surface area contributed by atoms with Gasteiger partial charge in [-0.3, -0.25) is 4.90 Å². The molecule has 0 atom stereocenters. The van der Waals surface area contributed by atoms with Crippen LogP contribution in [-0.4, -0.2) is 24.0 Å². The van der Waals surface area contributed by atoms with Crippen LogP contribution >= 0.6 is 0 Å². The fourth-order valence-electron chi connectivity index (χ4n) is 1.82. The number of nitrogens with zero attached hydrogens (tertiary/aromatic N) is 1. The van der Waals surface area contributed by atoms with Crippen molar-refractivity contribution >= 4 is 0 Å². The molecule has 1 aliphatic heterocycles. The van der Waals surface area contributed by atoms with Gasteiger partial charge in [-0.2, -0.15) is 0 Å². The van der Waals surface area contributed by atoms with E-state index in [-0.39, 0.29) is 0 Å². The summed E-state index contributed by atoms with van der Waals surface area (Å²) >= 11 is 0. The first-order chi connectivity index (χ1) is 6.11. The molecular formula is C12H23N. The summed E-state index contributed by atoms with van der Waals surface area (Å²) < 4.78 is 0. The fraction of sp³-hybridized carbons (Fsp3) is 0.833. The monoisotopic (exact) mass is 181 g/mol. The van der Waals surface area contributed by atoms with E-state index < -0.39 is 0 Å². The molecule has 1 heteroatoms. The van der Waals surface area contributed by atoms with E-state index in [9.17, 15) is 0 Å². The van der Waals surface area contributed by atoms with Crippen molar-refractivity contribution in [3.8, 4) is 0 Å². The van der Waals surface area contributed by atoms with Gasteiger partial charge in [0.1, 0.15) is 0 Å². The lowest BCUT2D eigenvalue weighted by Crippen LogP contribution is -2.33. The zero-order chi connectivity index (χ0) is 9.84. The van der Waals surface area contributed by atoms with Gasteiger partial charge in [0.05, 0.1) is 0 Å². The van der Waals surface area contributed by atoms with Crippen molar-refractivity contribution in [2.75, 3.05) is 13.1 Å². The molecule has 0 radical (unpaired) electrons. The van der Waals surface area contributed by atoms with E-state index >= 15 is 0 Å². The van der Waals surface area contributed by atoms with Gasteiger partial charge in [0.2, 0.25) is 0 Å². The summed E-state index contributed by atoms with van der Waals surface area (Å²) in [6.45, 7) is 11.7. The minimum atomic E-state index is 0.695. The molecule has 0 aromatic carbocycles. The highest BCUT2D eigenvalue weighted by molar-refractivity contribution is 5.09. The third-order valence-corrected chi connectivity index (χ3v) is 2.91. The zero-order valence-electron chi connectivity index (χ0n) is 9.51. The van der Waals surface area contributed by atoms with Gasteiger partial charge in [0.15, 0.2) is 0 Å². The molecule has 0 aromatic heterocycles. The molecule has 0 N–H and O–H groups in total. The molecule has 0 aromatic rings. The Morgan fingerprint density at radius 1 is 1.23 bits per heavy atom. The summed E-state index contributed by atoms with van der Waals surface area (Å²) in [6, 6.07) is 0.695. The van der Waals surface area contributed by atoms with E-state index in [1.807, 2.05) is 0 Å². The fourth-order valence-corrected chi connectivity index (χ4v) is 1.82. The molecule has 0 unspecified atom stereocenters. The van der Waals surface area contributed by atoms with Crippen LogP contribution in [0, 0.1) is 5.92 Å². The summed E-state index contributed by atoms with van der Waals surface area (Å²) in [5, 5.41) is 0. The zero-order valence-corrected chi connectivity index (χ0v) is 9.51. The summed E-state index contributed by atoms with van der Waals surface area (Å²) in [6.07, 6.45) is 5.05. The predicted octanol–water partition coefficient (Wildman–Crippen LogP) is 3.07. The average molecular weight is 181 g/mol. The van der Waals surface area contributed by atoms with Crippen LogP contribution in [0.4, 0.5) is 0 Å². The van der Waals surface area contributed by atoms with Crippen molar-refractivity contribution in [3.05, 3.63) is 11.6 Å². The first kappa shape index (κ1) is 10.8. The van der Waals surface area contributed by atoms with Gasteiger partial charge in [-0.25, -0.2) is 0 Å². The Hall–Kier alpha value is -0.300. The molecule has 0 saturated carbocycles. The largest absolute Gasteiger partial charge is 0.297 e. The number of allylic oxidation sites excluding steroid dienone is 1. The Balaban J connectivity index is 2.60. The summed E-state index contributed by atoms with van der Waals surface area (Å²) in [7, 11) is 0. The minimum absolute atomic E-state index is 0.695. The Labute approximate surface area is 82.8 Å². The number of hydrogen-bond acceptors (Lipinski definition) is 1. The topological polar surface area (TPSA) is 3.24 Å². The molecule has 1 heterocycles. The van der Waals surface area contributed by atoms with Crippen molar-refractivity contribution < 1.29 is 0 Å². The SMILES string of the molecule is CC(C)C1=CCCCN(C(C)C)C1. The van der Waals surface area contributed by atoms with Crippen molar-refractivity contribution in [1.82, 2.24) is 4.90 Å². The van der Waals surface area contributed by atoms with Crippen LogP contribution in [0.1, 0.15) is 40.5 Å². The number of rotatable bonds is 2. The molecule has 1 nitrogen and oxygen atoms in total. The molecule has 1 aliphatic rings. The third-order valence-electron chi connectivity index (χ3n) is 2.91. The Morgan fingerprint density at radius 2 is 1.92 bits per heavy atom. The highest BCUT2D eigenvalue weighted by Crippen LogP contribution is 2.18. The summed E-state index contributed by atoms with van der Waals surface area (Å²) in [5.41, 5.74) is 1.63. The normalized spacial score (nSPS) is 20.6. The first-order valence-corrected chi connectivity index (χ1v) is 5.54. The van der Waals surface area contributed by atoms with E-state index in [1.165, 1.54) is 25.9 Å². The molecule has 1 rings (SSSR count). The third kappa shape index (κ3) is 3.15. The van der Waals surface area contributed by atoms with Crippen LogP contribution in [0.3, 0.4) is 0 Å². The van der Waals surface area contributed by atoms with Crippen molar-refractivity contribution in [2.24, 2.45) is 5.92 Å². The van der Waals surface area contributed by atoms with E-state index in [0.717, 1.165) is 5.92 Å². The van der Waals surface area contributed by atoms with Crippen molar-refractivity contribution in [2.45, 2.75) is 46.6 Å². The second-order valence-corrected chi connectivity index (χ2v) is 4.64. The maximum Gasteiger partial charge on any atom is 0.0198 e. The lowest BCUT2D eigenvalue weighted by molar-refractivity contribution is 0.239. The van der Waals surface area contributed by atoms with Gasteiger partial charge >= 0.3 is 0 Å². The van der Waals surface area contributed by atoms with Crippen LogP contribution in [0.15, 0.2) is 11.6 Å². The molecule has 76 valence electrons. The highest BCUT2D eigenvalue weighted by Gasteiger charge is 2.15. The second kappa shape index (κ2) is 4.80. The average Bonchev–Trinajstić information content (AvgIpc) is 2.28. The minimum Gasteiger partial charge on any atom is -0.297 e. The number of hydrogen-bond donors (Lipinski definition) is 0. The smallest absolute Gasteiger partial charge is 0.0198 e. The van der Waals surface area contributed by atoms with Gasteiger partial charge in [-0.15, -0.1) is 0 Å². The Kier molecular flexibility index (Phi) is 3.98. The predicted molar refractivity (Wildman–Crippen MR) is 58.9 cm³/mol.